The number of nitrogens with two attached hydrogens (primary N) is 1. The molecule has 1 aromatic carbocycles. The van der Waals surface area contributed by atoms with Gasteiger partial charge in [-0.05, 0) is 35.0 Å². The fourth-order valence-corrected chi connectivity index (χ4v) is 1.42. The quantitative estimate of drug-likeness (QED) is 0.805. The number of aliphatic hydroxyl groups is 1. The van der Waals surface area contributed by atoms with Gasteiger partial charge in [-0.2, -0.15) is 0 Å². The van der Waals surface area contributed by atoms with E-state index < -0.39 is 29.3 Å². The summed E-state index contributed by atoms with van der Waals surface area (Å²) in [6, 6.07) is 1.59. The predicted molar refractivity (Wildman–Crippen MR) is 52.7 cm³/mol. The number of rotatable bonds is 2. The predicted octanol–water partition coefficient (Wildman–Crippen LogP) is 2.11. The second kappa shape index (κ2) is 4.33. The van der Waals surface area contributed by atoms with Gasteiger partial charge in [-0.1, -0.05) is 0 Å². The lowest BCUT2D eigenvalue weighted by Gasteiger charge is -2.16. The van der Waals surface area contributed by atoms with Crippen molar-refractivity contribution in [1.82, 2.24) is 0 Å². The first-order valence-corrected chi connectivity index (χ1v) is 4.81. The molecule has 0 fully saturated rings. The Morgan fingerprint density at radius 3 is 2.50 bits per heavy atom. The molecule has 0 bridgehead atoms. The smallest absolute Gasteiger partial charge is 0.146 e. The van der Waals surface area contributed by atoms with E-state index in [1.54, 1.807) is 0 Å². The molecular formula is C9H10BrF2NO. The van der Waals surface area contributed by atoms with Crippen molar-refractivity contribution in [3.05, 3.63) is 33.8 Å². The van der Waals surface area contributed by atoms with Crippen molar-refractivity contribution in [2.75, 3.05) is 0 Å². The van der Waals surface area contributed by atoms with Crippen molar-refractivity contribution in [1.29, 1.82) is 0 Å². The first-order valence-electron chi connectivity index (χ1n) is 4.02. The van der Waals surface area contributed by atoms with E-state index in [1.807, 2.05) is 0 Å². The second-order valence-electron chi connectivity index (χ2n) is 3.06. The molecule has 0 radical (unpaired) electrons. The van der Waals surface area contributed by atoms with Crippen LogP contribution in [-0.4, -0.2) is 11.1 Å². The van der Waals surface area contributed by atoms with E-state index in [4.69, 9.17) is 5.73 Å². The molecule has 3 N–H and O–H groups in total. The maximum Gasteiger partial charge on any atom is 0.146 e. The fourth-order valence-electron chi connectivity index (χ4n) is 1.08. The summed E-state index contributed by atoms with van der Waals surface area (Å²) in [5, 5.41) is 9.46. The molecule has 5 heteroatoms. The van der Waals surface area contributed by atoms with Crippen molar-refractivity contribution in [3.63, 3.8) is 0 Å². The summed E-state index contributed by atoms with van der Waals surface area (Å²) in [6.07, 6.45) is -1.34. The fraction of sp³-hybridized carbons (Fsp3) is 0.333. The Balaban J connectivity index is 3.25. The monoisotopic (exact) mass is 265 g/mol. The number of aliphatic hydroxyl groups excluding tert-OH is 1. The molecule has 2 unspecified atom stereocenters. The van der Waals surface area contributed by atoms with Gasteiger partial charge in [-0.3, -0.25) is 0 Å². The zero-order chi connectivity index (χ0) is 10.9. The third-order valence-corrected chi connectivity index (χ3v) is 2.49. The normalized spacial score (nSPS) is 15.3. The lowest BCUT2D eigenvalue weighted by atomic mass is 10.0. The molecule has 0 spiro atoms. The van der Waals surface area contributed by atoms with Crippen molar-refractivity contribution in [2.45, 2.75) is 19.1 Å². The molecule has 0 amide bonds. The Morgan fingerprint density at radius 1 is 1.43 bits per heavy atom. The maximum absolute atomic E-state index is 13.4. The van der Waals surface area contributed by atoms with Gasteiger partial charge in [0.2, 0.25) is 0 Å². The molecule has 78 valence electrons. The van der Waals surface area contributed by atoms with E-state index in [0.717, 1.165) is 6.07 Å². The molecule has 0 aliphatic carbocycles. The Kier molecular flexibility index (Phi) is 3.58. The summed E-state index contributed by atoms with van der Waals surface area (Å²) in [4.78, 5) is 0. The minimum Gasteiger partial charge on any atom is -0.387 e. The molecular weight excluding hydrogens is 256 g/mol. The standard InChI is InChI=1S/C9H10BrF2NO/c1-4(13)9(14)7-6(11)3-2-5(10)8(7)12/h2-4,9,14H,13H2,1H3. The number of benzene rings is 1. The molecule has 0 saturated heterocycles. The van der Waals surface area contributed by atoms with Crippen LogP contribution in [0.2, 0.25) is 0 Å². The van der Waals surface area contributed by atoms with Crippen LogP contribution in [-0.2, 0) is 0 Å². The molecule has 14 heavy (non-hydrogen) atoms. The van der Waals surface area contributed by atoms with E-state index in [0.29, 0.717) is 0 Å². The van der Waals surface area contributed by atoms with Crippen molar-refractivity contribution >= 4 is 15.9 Å². The number of halogens is 3. The summed E-state index contributed by atoms with van der Waals surface area (Å²) in [6.45, 7) is 1.48. The van der Waals surface area contributed by atoms with E-state index in [1.165, 1.54) is 13.0 Å². The zero-order valence-corrected chi connectivity index (χ0v) is 9.05. The average molecular weight is 266 g/mol. The molecule has 1 aromatic rings. The highest BCUT2D eigenvalue weighted by Crippen LogP contribution is 2.27. The van der Waals surface area contributed by atoms with E-state index >= 15 is 0 Å². The third-order valence-electron chi connectivity index (χ3n) is 1.87. The van der Waals surface area contributed by atoms with Crippen molar-refractivity contribution in [2.24, 2.45) is 5.73 Å². The van der Waals surface area contributed by atoms with Crippen LogP contribution in [0.4, 0.5) is 8.78 Å². The van der Waals surface area contributed by atoms with Crippen LogP contribution in [0.15, 0.2) is 16.6 Å². The van der Waals surface area contributed by atoms with Crippen molar-refractivity contribution < 1.29 is 13.9 Å². The van der Waals surface area contributed by atoms with Crippen LogP contribution in [0.25, 0.3) is 0 Å². The van der Waals surface area contributed by atoms with Gasteiger partial charge < -0.3 is 10.8 Å². The minimum atomic E-state index is -1.34. The lowest BCUT2D eigenvalue weighted by molar-refractivity contribution is 0.144. The Bertz CT molecular complexity index is 344. The first kappa shape index (κ1) is 11.6. The summed E-state index contributed by atoms with van der Waals surface area (Å²) >= 11 is 2.90. The molecule has 0 aromatic heterocycles. The summed E-state index contributed by atoms with van der Waals surface area (Å²) in [7, 11) is 0. The Labute approximate surface area is 88.9 Å². The van der Waals surface area contributed by atoms with Gasteiger partial charge in [0.15, 0.2) is 0 Å². The highest BCUT2D eigenvalue weighted by atomic mass is 79.9. The maximum atomic E-state index is 13.4. The topological polar surface area (TPSA) is 46.2 Å². The Morgan fingerprint density at radius 2 is 2.00 bits per heavy atom. The van der Waals surface area contributed by atoms with Gasteiger partial charge in [-0.15, -0.1) is 0 Å². The van der Waals surface area contributed by atoms with Crippen LogP contribution < -0.4 is 5.73 Å². The second-order valence-corrected chi connectivity index (χ2v) is 3.92. The average Bonchev–Trinajstić information content (AvgIpc) is 2.12. The highest BCUT2D eigenvalue weighted by molar-refractivity contribution is 9.10. The summed E-state index contributed by atoms with van der Waals surface area (Å²) < 4.78 is 26.6. The van der Waals surface area contributed by atoms with Gasteiger partial charge in [0, 0.05) is 6.04 Å². The molecule has 1 rings (SSSR count). The number of hydrogen-bond donors (Lipinski definition) is 2. The summed E-state index contributed by atoms with van der Waals surface area (Å²) in [5.41, 5.74) is 4.96. The van der Waals surface area contributed by atoms with Gasteiger partial charge in [0.1, 0.15) is 11.6 Å². The van der Waals surface area contributed by atoms with Gasteiger partial charge >= 0.3 is 0 Å². The molecule has 0 aliphatic heterocycles. The minimum absolute atomic E-state index is 0.105. The molecule has 0 saturated carbocycles. The molecule has 2 nitrogen and oxygen atoms in total. The third kappa shape index (κ3) is 2.10. The largest absolute Gasteiger partial charge is 0.387 e. The van der Waals surface area contributed by atoms with Gasteiger partial charge in [-0.25, -0.2) is 8.78 Å². The van der Waals surface area contributed by atoms with Crippen molar-refractivity contribution in [3.8, 4) is 0 Å². The number of hydrogen-bond acceptors (Lipinski definition) is 2. The zero-order valence-electron chi connectivity index (χ0n) is 7.47. The summed E-state index contributed by atoms with van der Waals surface area (Å²) in [5.74, 6) is -1.61. The SMILES string of the molecule is CC(N)C(O)c1c(F)ccc(Br)c1F. The van der Waals surface area contributed by atoms with E-state index in [-0.39, 0.29) is 4.47 Å². The van der Waals surface area contributed by atoms with Crippen LogP contribution in [0, 0.1) is 11.6 Å². The van der Waals surface area contributed by atoms with E-state index in [2.05, 4.69) is 15.9 Å². The van der Waals surface area contributed by atoms with Crippen LogP contribution in [0.1, 0.15) is 18.6 Å². The van der Waals surface area contributed by atoms with Gasteiger partial charge in [0.25, 0.3) is 0 Å². The van der Waals surface area contributed by atoms with Crippen LogP contribution in [0.3, 0.4) is 0 Å². The van der Waals surface area contributed by atoms with E-state index in [9.17, 15) is 13.9 Å². The first-order chi connectivity index (χ1) is 6.45. The molecule has 0 aliphatic rings. The highest BCUT2D eigenvalue weighted by Gasteiger charge is 2.22. The molecule has 0 heterocycles. The van der Waals surface area contributed by atoms with Crippen LogP contribution >= 0.6 is 15.9 Å². The lowest BCUT2D eigenvalue weighted by Crippen LogP contribution is -2.26. The van der Waals surface area contributed by atoms with Crippen LogP contribution in [0.5, 0.6) is 0 Å². The molecule has 2 atom stereocenters. The Hall–Kier alpha value is -0.520. The van der Waals surface area contributed by atoms with Gasteiger partial charge in [0.05, 0.1) is 16.1 Å².